The molecule has 3 heteroatoms. The first-order valence-corrected chi connectivity index (χ1v) is 19.6. The zero-order valence-electron chi connectivity index (χ0n) is 30.5. The van der Waals surface area contributed by atoms with Crippen molar-refractivity contribution in [3.63, 3.8) is 0 Å². The van der Waals surface area contributed by atoms with Crippen LogP contribution in [0, 0.1) is 5.92 Å². The second-order valence-corrected chi connectivity index (χ2v) is 15.4. The lowest BCUT2D eigenvalue weighted by Gasteiger charge is -2.30. The number of aliphatic imine (C=N–C) groups is 1. The lowest BCUT2D eigenvalue weighted by atomic mass is 9.76. The molecule has 0 saturated carbocycles. The molecule has 5 aliphatic rings. The van der Waals surface area contributed by atoms with E-state index >= 15 is 0 Å². The first-order valence-electron chi connectivity index (χ1n) is 19.6. The first-order chi connectivity index (χ1) is 27.2. The quantitative estimate of drug-likeness (QED) is 0.181. The van der Waals surface area contributed by atoms with Crippen molar-refractivity contribution in [2.45, 2.75) is 37.1 Å². The summed E-state index contributed by atoms with van der Waals surface area (Å²) in [5.74, 6) is 3.83. The van der Waals surface area contributed by atoms with E-state index in [9.17, 15) is 0 Å². The van der Waals surface area contributed by atoms with Gasteiger partial charge in [-0.3, -0.25) is 0 Å². The van der Waals surface area contributed by atoms with Crippen LogP contribution in [0.15, 0.2) is 181 Å². The number of ether oxygens (including phenoxy) is 1. The molecule has 0 saturated heterocycles. The maximum absolute atomic E-state index is 6.24. The maximum atomic E-state index is 6.24. The van der Waals surface area contributed by atoms with Crippen molar-refractivity contribution in [1.29, 1.82) is 0 Å². The minimum absolute atomic E-state index is 0.146. The number of nitrogens with one attached hydrogen (secondary N) is 1. The Kier molecular flexibility index (Phi) is 7.65. The molecule has 55 heavy (non-hydrogen) atoms. The van der Waals surface area contributed by atoms with Gasteiger partial charge in [-0.05, 0) is 99.0 Å². The number of amidine groups is 1. The van der Waals surface area contributed by atoms with Gasteiger partial charge in [0, 0.05) is 34.4 Å². The number of allylic oxidation sites excluding steroid dienone is 8. The molecule has 0 bridgehead atoms. The lowest BCUT2D eigenvalue weighted by Crippen LogP contribution is -2.41. The van der Waals surface area contributed by atoms with Gasteiger partial charge in [0.25, 0.3) is 0 Å². The molecule has 4 unspecified atom stereocenters. The van der Waals surface area contributed by atoms with Crippen LogP contribution in [0.3, 0.4) is 0 Å². The number of benzene rings is 6. The highest BCUT2D eigenvalue weighted by molar-refractivity contribution is 6.14. The molecule has 6 aromatic rings. The summed E-state index contributed by atoms with van der Waals surface area (Å²) in [7, 11) is 0. The monoisotopic (exact) mass is 708 g/mol. The first kappa shape index (κ1) is 32.0. The number of para-hydroxylation sites is 1. The van der Waals surface area contributed by atoms with E-state index in [1.54, 1.807) is 0 Å². The Balaban J connectivity index is 1.00. The second kappa shape index (κ2) is 13.1. The second-order valence-electron chi connectivity index (χ2n) is 15.4. The summed E-state index contributed by atoms with van der Waals surface area (Å²) in [5, 5.41) is 9.05. The fourth-order valence-corrected chi connectivity index (χ4v) is 9.48. The van der Waals surface area contributed by atoms with Crippen molar-refractivity contribution in [3.8, 4) is 5.75 Å². The SMILES string of the molecule is C1=CCC(C2C=C(c3cccc(C4CC=Cc5c4c4ccc(C6=CC=C7Oc8ccccc8C7C6)cc4c4ccccc54)c3)N=C(c3ccccc3)N2)C=C1. The highest BCUT2D eigenvalue weighted by atomic mass is 16.5. The Bertz CT molecular complexity index is 2760. The van der Waals surface area contributed by atoms with Gasteiger partial charge in [-0.1, -0.05) is 146 Å². The summed E-state index contributed by atoms with van der Waals surface area (Å²) in [6.45, 7) is 0. The molecule has 0 spiro atoms. The van der Waals surface area contributed by atoms with Crippen LogP contribution in [-0.4, -0.2) is 11.9 Å². The molecule has 0 radical (unpaired) electrons. The van der Waals surface area contributed by atoms with Crippen LogP contribution in [0.25, 0.3) is 38.9 Å². The van der Waals surface area contributed by atoms with Crippen LogP contribution in [0.1, 0.15) is 70.0 Å². The molecule has 1 N–H and O–H groups in total. The predicted molar refractivity (Wildman–Crippen MR) is 228 cm³/mol. The molecular weight excluding hydrogens is 669 g/mol. The van der Waals surface area contributed by atoms with Crippen LogP contribution in [0.4, 0.5) is 0 Å². The van der Waals surface area contributed by atoms with E-state index < -0.39 is 0 Å². The van der Waals surface area contributed by atoms with E-state index in [1.165, 1.54) is 54.9 Å². The fourth-order valence-electron chi connectivity index (χ4n) is 9.48. The molecule has 4 atom stereocenters. The van der Waals surface area contributed by atoms with Gasteiger partial charge < -0.3 is 10.1 Å². The molecular formula is C52H40N2O. The summed E-state index contributed by atoms with van der Waals surface area (Å²) in [6.07, 6.45) is 23.3. The number of hydrogen-bond acceptors (Lipinski definition) is 3. The third kappa shape index (κ3) is 5.53. The van der Waals surface area contributed by atoms with Gasteiger partial charge in [0.05, 0.1) is 11.7 Å². The van der Waals surface area contributed by atoms with Crippen molar-refractivity contribution in [3.05, 3.63) is 215 Å². The highest BCUT2D eigenvalue weighted by Gasteiger charge is 2.32. The molecule has 3 aliphatic carbocycles. The zero-order chi connectivity index (χ0) is 36.3. The lowest BCUT2D eigenvalue weighted by molar-refractivity contribution is 0.426. The van der Waals surface area contributed by atoms with Crippen molar-refractivity contribution in [2.75, 3.05) is 0 Å². The third-order valence-electron chi connectivity index (χ3n) is 12.2. The van der Waals surface area contributed by atoms with Gasteiger partial charge in [-0.2, -0.15) is 0 Å². The minimum atomic E-state index is 0.146. The summed E-state index contributed by atoms with van der Waals surface area (Å²) < 4.78 is 6.24. The van der Waals surface area contributed by atoms with Crippen LogP contribution < -0.4 is 10.1 Å². The third-order valence-corrected chi connectivity index (χ3v) is 12.2. The molecule has 264 valence electrons. The molecule has 2 heterocycles. The van der Waals surface area contributed by atoms with Gasteiger partial charge >= 0.3 is 0 Å². The number of nitrogens with zero attached hydrogens (tertiary/aromatic N) is 1. The van der Waals surface area contributed by atoms with Gasteiger partial charge in [0.1, 0.15) is 17.3 Å². The van der Waals surface area contributed by atoms with Crippen LogP contribution in [-0.2, 0) is 0 Å². The Morgan fingerprint density at radius 1 is 0.636 bits per heavy atom. The van der Waals surface area contributed by atoms with E-state index in [1.807, 2.05) is 0 Å². The summed E-state index contributed by atoms with van der Waals surface area (Å²) in [4.78, 5) is 5.27. The molecule has 3 nitrogen and oxygen atoms in total. The minimum Gasteiger partial charge on any atom is -0.461 e. The molecule has 11 rings (SSSR count). The molecule has 0 fully saturated rings. The normalized spacial score (nSPS) is 22.1. The number of rotatable bonds is 5. The topological polar surface area (TPSA) is 33.6 Å². The van der Waals surface area contributed by atoms with Gasteiger partial charge in [-0.15, -0.1) is 0 Å². The van der Waals surface area contributed by atoms with E-state index in [4.69, 9.17) is 9.73 Å². The van der Waals surface area contributed by atoms with Crippen LogP contribution in [0.2, 0.25) is 0 Å². The Hall–Kier alpha value is -6.45. The fraction of sp³-hybridized carbons (Fsp3) is 0.135. The largest absolute Gasteiger partial charge is 0.461 e. The van der Waals surface area contributed by atoms with Gasteiger partial charge in [-0.25, -0.2) is 4.99 Å². The summed E-state index contributed by atoms with van der Waals surface area (Å²) in [6, 6.07) is 44.5. The Labute approximate surface area is 322 Å². The summed E-state index contributed by atoms with van der Waals surface area (Å²) in [5.41, 5.74) is 11.3. The van der Waals surface area contributed by atoms with E-state index in [-0.39, 0.29) is 17.9 Å². The van der Waals surface area contributed by atoms with Crippen molar-refractivity contribution in [2.24, 2.45) is 10.9 Å². The average molecular weight is 709 g/mol. The molecule has 0 aromatic heterocycles. The van der Waals surface area contributed by atoms with Crippen LogP contribution >= 0.6 is 0 Å². The zero-order valence-corrected chi connectivity index (χ0v) is 30.5. The standard InChI is InChI=1S/C52H40N2O/c1-3-13-33(14-4-1)47-32-48(54-52(53-47)34-15-5-2-6-16-34)38-18-11-17-37(29-38)39-22-12-23-43-40-19-7-8-20-41(40)45-30-35(25-27-44(45)51(39)43)36-26-28-50-46(31-36)42-21-9-10-24-49(42)55-50/h1-13,15-21,23-30,32-33,39,46-47H,14,22,31H2,(H,53,54). The maximum Gasteiger partial charge on any atom is 0.134 e. The van der Waals surface area contributed by atoms with Gasteiger partial charge in [0.15, 0.2) is 0 Å². The van der Waals surface area contributed by atoms with E-state index in [0.29, 0.717) is 5.92 Å². The Morgan fingerprint density at radius 2 is 1.49 bits per heavy atom. The molecule has 0 amide bonds. The van der Waals surface area contributed by atoms with Crippen LogP contribution in [0.5, 0.6) is 5.75 Å². The van der Waals surface area contributed by atoms with E-state index in [2.05, 4.69) is 181 Å². The summed E-state index contributed by atoms with van der Waals surface area (Å²) >= 11 is 0. The number of fused-ring (bicyclic) bond motifs is 9. The predicted octanol–water partition coefficient (Wildman–Crippen LogP) is 12.3. The van der Waals surface area contributed by atoms with Gasteiger partial charge in [0.2, 0.25) is 0 Å². The molecule has 2 aliphatic heterocycles. The van der Waals surface area contributed by atoms with E-state index in [0.717, 1.165) is 53.4 Å². The molecule has 6 aromatic carbocycles. The highest BCUT2D eigenvalue weighted by Crippen LogP contribution is 2.49. The smallest absolute Gasteiger partial charge is 0.134 e. The van der Waals surface area contributed by atoms with Crippen molar-refractivity contribution >= 4 is 44.7 Å². The van der Waals surface area contributed by atoms with Crippen molar-refractivity contribution in [1.82, 2.24) is 5.32 Å². The Morgan fingerprint density at radius 3 is 2.40 bits per heavy atom. The average Bonchev–Trinajstić information content (AvgIpc) is 3.65. The van der Waals surface area contributed by atoms with Crippen molar-refractivity contribution < 1.29 is 4.74 Å². The number of hydrogen-bond donors (Lipinski definition) is 1.